The SMILES string of the molecule is C/C=C/COc1cc(C)c(OCC(C)(C)COc2ccc(C=NOC)cc2)c(C)c1. The van der Waals surface area contributed by atoms with Gasteiger partial charge in [-0.2, -0.15) is 0 Å². The van der Waals surface area contributed by atoms with Gasteiger partial charge in [0.05, 0.1) is 19.4 Å². The van der Waals surface area contributed by atoms with Crippen LogP contribution in [-0.4, -0.2) is 33.1 Å². The molecule has 5 heteroatoms. The lowest BCUT2D eigenvalue weighted by Crippen LogP contribution is -2.29. The van der Waals surface area contributed by atoms with Crippen molar-refractivity contribution >= 4 is 6.21 Å². The quantitative estimate of drug-likeness (QED) is 0.269. The molecule has 0 aliphatic rings. The Hall–Kier alpha value is -2.95. The highest BCUT2D eigenvalue weighted by Crippen LogP contribution is 2.30. The number of hydrogen-bond donors (Lipinski definition) is 0. The van der Waals surface area contributed by atoms with Gasteiger partial charge in [-0.1, -0.05) is 31.2 Å². The number of benzene rings is 2. The van der Waals surface area contributed by atoms with Gasteiger partial charge < -0.3 is 19.0 Å². The molecule has 2 aromatic rings. The van der Waals surface area contributed by atoms with E-state index in [4.69, 9.17) is 19.0 Å². The van der Waals surface area contributed by atoms with E-state index in [1.807, 2.05) is 69.3 Å². The number of rotatable bonds is 11. The minimum Gasteiger partial charge on any atom is -0.493 e. The largest absolute Gasteiger partial charge is 0.493 e. The zero-order valence-electron chi connectivity index (χ0n) is 18.9. The summed E-state index contributed by atoms with van der Waals surface area (Å²) in [6.45, 7) is 12.0. The van der Waals surface area contributed by atoms with Gasteiger partial charge >= 0.3 is 0 Å². The highest BCUT2D eigenvalue weighted by molar-refractivity contribution is 5.79. The summed E-state index contributed by atoms with van der Waals surface area (Å²) >= 11 is 0. The highest BCUT2D eigenvalue weighted by atomic mass is 16.6. The first-order valence-corrected chi connectivity index (χ1v) is 10.1. The molecule has 0 aliphatic carbocycles. The van der Waals surface area contributed by atoms with Crippen LogP contribution >= 0.6 is 0 Å². The molecular formula is C25H33NO4. The summed E-state index contributed by atoms with van der Waals surface area (Å²) in [4.78, 5) is 4.69. The molecule has 0 radical (unpaired) electrons. The smallest absolute Gasteiger partial charge is 0.125 e. The first-order valence-electron chi connectivity index (χ1n) is 10.1. The topological polar surface area (TPSA) is 49.3 Å². The van der Waals surface area contributed by atoms with Crippen LogP contribution in [0.1, 0.15) is 37.5 Å². The second-order valence-corrected chi connectivity index (χ2v) is 7.99. The van der Waals surface area contributed by atoms with E-state index in [0.717, 1.165) is 33.9 Å². The Kier molecular flexibility index (Phi) is 8.78. The lowest BCUT2D eigenvalue weighted by Gasteiger charge is -2.26. The van der Waals surface area contributed by atoms with Crippen molar-refractivity contribution in [3.05, 3.63) is 65.2 Å². The number of nitrogens with zero attached hydrogens (tertiary/aromatic N) is 1. The molecule has 0 aromatic heterocycles. The predicted molar refractivity (Wildman–Crippen MR) is 122 cm³/mol. The molecule has 0 unspecified atom stereocenters. The van der Waals surface area contributed by atoms with E-state index in [1.54, 1.807) is 6.21 Å². The minimum absolute atomic E-state index is 0.157. The third-order valence-corrected chi connectivity index (χ3v) is 4.44. The summed E-state index contributed by atoms with van der Waals surface area (Å²) in [6.07, 6.45) is 5.62. The molecule has 30 heavy (non-hydrogen) atoms. The van der Waals surface area contributed by atoms with Crippen molar-refractivity contribution in [2.45, 2.75) is 34.6 Å². The van der Waals surface area contributed by atoms with Crippen LogP contribution < -0.4 is 14.2 Å². The molecule has 0 fully saturated rings. The van der Waals surface area contributed by atoms with Gasteiger partial charge in [0.25, 0.3) is 0 Å². The predicted octanol–water partition coefficient (Wildman–Crippen LogP) is 5.72. The Morgan fingerprint density at radius 2 is 1.53 bits per heavy atom. The van der Waals surface area contributed by atoms with Crippen LogP contribution in [0.25, 0.3) is 0 Å². The number of ether oxygens (including phenoxy) is 3. The zero-order chi connectivity index (χ0) is 22.0. The summed E-state index contributed by atoms with van der Waals surface area (Å²) in [5, 5.41) is 3.75. The first-order chi connectivity index (χ1) is 14.3. The maximum Gasteiger partial charge on any atom is 0.125 e. The molecule has 0 heterocycles. The summed E-state index contributed by atoms with van der Waals surface area (Å²) in [5.41, 5.74) is 2.93. The van der Waals surface area contributed by atoms with E-state index < -0.39 is 0 Å². The Morgan fingerprint density at radius 1 is 0.900 bits per heavy atom. The maximum atomic E-state index is 6.18. The molecule has 0 aliphatic heterocycles. The van der Waals surface area contributed by atoms with E-state index >= 15 is 0 Å². The van der Waals surface area contributed by atoms with Gasteiger partial charge in [-0.25, -0.2) is 0 Å². The summed E-state index contributed by atoms with van der Waals surface area (Å²) < 4.78 is 17.9. The fourth-order valence-corrected chi connectivity index (χ4v) is 2.81. The summed E-state index contributed by atoms with van der Waals surface area (Å²) in [5.74, 6) is 2.58. The number of allylic oxidation sites excluding steroid dienone is 1. The molecule has 0 saturated carbocycles. The molecule has 2 aromatic carbocycles. The van der Waals surface area contributed by atoms with Crippen molar-refractivity contribution in [2.24, 2.45) is 10.6 Å². The van der Waals surface area contributed by atoms with Crippen LogP contribution in [0, 0.1) is 19.3 Å². The van der Waals surface area contributed by atoms with Crippen molar-refractivity contribution in [3.63, 3.8) is 0 Å². The fraction of sp³-hybridized carbons (Fsp3) is 0.400. The van der Waals surface area contributed by atoms with E-state index in [1.165, 1.54) is 7.11 Å². The van der Waals surface area contributed by atoms with Crippen molar-refractivity contribution in [1.29, 1.82) is 0 Å². The van der Waals surface area contributed by atoms with Gasteiger partial charge in [0.2, 0.25) is 0 Å². The monoisotopic (exact) mass is 411 g/mol. The Bertz CT molecular complexity index is 831. The van der Waals surface area contributed by atoms with Crippen LogP contribution in [0.3, 0.4) is 0 Å². The Labute approximate surface area is 180 Å². The van der Waals surface area contributed by atoms with Crippen molar-refractivity contribution in [1.82, 2.24) is 0 Å². The maximum absolute atomic E-state index is 6.18. The molecule has 0 amide bonds. The summed E-state index contributed by atoms with van der Waals surface area (Å²) in [6, 6.07) is 11.8. The molecule has 0 N–H and O–H groups in total. The first kappa shape index (κ1) is 23.3. The van der Waals surface area contributed by atoms with Crippen molar-refractivity contribution in [2.75, 3.05) is 26.9 Å². The number of aryl methyl sites for hydroxylation is 2. The molecule has 2 rings (SSSR count). The van der Waals surface area contributed by atoms with Crippen molar-refractivity contribution in [3.8, 4) is 17.2 Å². The van der Waals surface area contributed by atoms with E-state index in [9.17, 15) is 0 Å². The Morgan fingerprint density at radius 3 is 2.13 bits per heavy atom. The third kappa shape index (κ3) is 7.47. The molecular weight excluding hydrogens is 378 g/mol. The van der Waals surface area contributed by atoms with Crippen molar-refractivity contribution < 1.29 is 19.0 Å². The molecule has 0 atom stereocenters. The Balaban J connectivity index is 1.91. The number of hydrogen-bond acceptors (Lipinski definition) is 5. The zero-order valence-corrected chi connectivity index (χ0v) is 18.9. The molecule has 0 saturated heterocycles. The average Bonchev–Trinajstić information content (AvgIpc) is 2.71. The second kappa shape index (κ2) is 11.3. The van der Waals surface area contributed by atoms with E-state index in [-0.39, 0.29) is 5.41 Å². The van der Waals surface area contributed by atoms with Gasteiger partial charge in [-0.3, -0.25) is 0 Å². The number of oxime groups is 1. The van der Waals surface area contributed by atoms with Gasteiger partial charge in [-0.05, 0) is 73.9 Å². The standard InChI is InChI=1S/C25H33NO4/c1-7-8-13-28-23-14-19(2)24(20(3)15-23)30-18-25(4,5)17-29-22-11-9-21(10-12-22)16-26-27-6/h7-12,14-16H,13,17-18H2,1-6H3/b8-7+,26-16?. The van der Waals surface area contributed by atoms with Crippen LogP contribution in [0.2, 0.25) is 0 Å². The lowest BCUT2D eigenvalue weighted by molar-refractivity contribution is 0.109. The van der Waals surface area contributed by atoms with Gasteiger partial charge in [0.1, 0.15) is 31.0 Å². The normalized spacial score (nSPS) is 11.8. The third-order valence-electron chi connectivity index (χ3n) is 4.44. The van der Waals surface area contributed by atoms with Crippen LogP contribution in [-0.2, 0) is 4.84 Å². The molecule has 0 bridgehead atoms. The van der Waals surface area contributed by atoms with Crippen LogP contribution in [0.5, 0.6) is 17.2 Å². The minimum atomic E-state index is -0.157. The molecule has 0 spiro atoms. The van der Waals surface area contributed by atoms with Gasteiger partial charge in [0, 0.05) is 5.41 Å². The molecule has 5 nitrogen and oxygen atoms in total. The average molecular weight is 412 g/mol. The van der Waals surface area contributed by atoms with E-state index in [2.05, 4.69) is 19.0 Å². The lowest BCUT2D eigenvalue weighted by atomic mass is 9.96. The van der Waals surface area contributed by atoms with Crippen LogP contribution in [0.4, 0.5) is 0 Å². The van der Waals surface area contributed by atoms with Gasteiger partial charge in [-0.15, -0.1) is 0 Å². The second-order valence-electron chi connectivity index (χ2n) is 7.99. The van der Waals surface area contributed by atoms with Gasteiger partial charge in [0.15, 0.2) is 0 Å². The highest BCUT2D eigenvalue weighted by Gasteiger charge is 2.21. The van der Waals surface area contributed by atoms with Crippen LogP contribution in [0.15, 0.2) is 53.7 Å². The summed E-state index contributed by atoms with van der Waals surface area (Å²) in [7, 11) is 1.52. The van der Waals surface area contributed by atoms with E-state index in [0.29, 0.717) is 19.8 Å². The molecule has 162 valence electrons. The fourth-order valence-electron chi connectivity index (χ4n) is 2.81.